The molecule has 1 aromatic heterocycles. The lowest BCUT2D eigenvalue weighted by molar-refractivity contribution is -0.897. The van der Waals surface area contributed by atoms with Gasteiger partial charge in [0.1, 0.15) is 0 Å². The van der Waals surface area contributed by atoms with Gasteiger partial charge in [-0.2, -0.15) is 0 Å². The number of likely N-dealkylation sites (N-methyl/N-ethyl adjacent to an activating group) is 1. The third kappa shape index (κ3) is 4.32. The highest BCUT2D eigenvalue weighted by atomic mass is 35.5. The molecular weight excluding hydrogens is 367 g/mol. The molecule has 2 aromatic carbocycles. The Labute approximate surface area is 164 Å². The van der Waals surface area contributed by atoms with Crippen LogP contribution in [0.5, 0.6) is 0 Å². The van der Waals surface area contributed by atoms with Gasteiger partial charge < -0.3 is 14.8 Å². The van der Waals surface area contributed by atoms with Gasteiger partial charge in [-0.25, -0.2) is 4.98 Å². The molecule has 3 aromatic rings. The number of aromatic nitrogens is 2. The molecule has 0 saturated carbocycles. The van der Waals surface area contributed by atoms with Crippen molar-refractivity contribution in [2.24, 2.45) is 0 Å². The smallest absolute Gasteiger partial charge is 0.204 e. The number of quaternary nitrogens is 1. The molecular formula is C20H25Cl2N4+. The molecule has 0 radical (unpaired) electrons. The zero-order chi connectivity index (χ0) is 18.5. The lowest BCUT2D eigenvalue weighted by atomic mass is 10.2. The summed E-state index contributed by atoms with van der Waals surface area (Å²) in [5.74, 6) is 0.892. The van der Waals surface area contributed by atoms with Crippen LogP contribution in [0.2, 0.25) is 10.0 Å². The van der Waals surface area contributed by atoms with Crippen LogP contribution in [0.3, 0.4) is 0 Å². The minimum atomic E-state index is 0.574. The van der Waals surface area contributed by atoms with Crippen molar-refractivity contribution in [2.75, 3.05) is 25.0 Å². The minimum absolute atomic E-state index is 0.574. The van der Waals surface area contributed by atoms with E-state index in [1.54, 1.807) is 4.90 Å². The second kappa shape index (κ2) is 8.76. The van der Waals surface area contributed by atoms with E-state index in [0.29, 0.717) is 16.6 Å². The number of imidazole rings is 1. The molecule has 0 aliphatic heterocycles. The maximum Gasteiger partial charge on any atom is 0.204 e. The first-order valence-corrected chi connectivity index (χ1v) is 9.84. The first kappa shape index (κ1) is 19.0. The Morgan fingerprint density at radius 3 is 2.54 bits per heavy atom. The molecule has 1 heterocycles. The monoisotopic (exact) mass is 391 g/mol. The summed E-state index contributed by atoms with van der Waals surface area (Å²) in [6.07, 6.45) is 0. The summed E-state index contributed by atoms with van der Waals surface area (Å²) in [4.78, 5) is 6.36. The number of fused-ring (bicyclic) bond motifs is 1. The first-order chi connectivity index (χ1) is 12.6. The van der Waals surface area contributed by atoms with Gasteiger partial charge in [-0.15, -0.1) is 0 Å². The zero-order valence-corrected chi connectivity index (χ0v) is 16.7. The molecule has 0 aliphatic rings. The Bertz CT molecular complexity index is 871. The number of hydrogen-bond acceptors (Lipinski definition) is 2. The van der Waals surface area contributed by atoms with Gasteiger partial charge in [0.2, 0.25) is 5.95 Å². The van der Waals surface area contributed by atoms with Gasteiger partial charge in [0.05, 0.1) is 47.3 Å². The number of benzene rings is 2. The summed E-state index contributed by atoms with van der Waals surface area (Å²) in [6.45, 7) is 9.39. The van der Waals surface area contributed by atoms with Crippen molar-refractivity contribution in [1.29, 1.82) is 0 Å². The Kier molecular flexibility index (Phi) is 6.41. The lowest BCUT2D eigenvalue weighted by Crippen LogP contribution is -3.11. The van der Waals surface area contributed by atoms with E-state index >= 15 is 0 Å². The van der Waals surface area contributed by atoms with Crippen molar-refractivity contribution in [3.63, 3.8) is 0 Å². The van der Waals surface area contributed by atoms with Crippen LogP contribution in [0.4, 0.5) is 5.95 Å². The van der Waals surface area contributed by atoms with Gasteiger partial charge in [-0.1, -0.05) is 41.4 Å². The van der Waals surface area contributed by atoms with Crippen molar-refractivity contribution in [1.82, 2.24) is 9.55 Å². The van der Waals surface area contributed by atoms with Crippen molar-refractivity contribution >= 4 is 40.2 Å². The van der Waals surface area contributed by atoms with Crippen molar-refractivity contribution in [3.8, 4) is 0 Å². The van der Waals surface area contributed by atoms with Crippen LogP contribution >= 0.6 is 23.2 Å². The summed E-state index contributed by atoms with van der Waals surface area (Å²) < 4.78 is 2.28. The van der Waals surface area contributed by atoms with Crippen LogP contribution in [0.25, 0.3) is 11.0 Å². The maximum absolute atomic E-state index is 6.12. The summed E-state index contributed by atoms with van der Waals surface area (Å²) in [5, 5.41) is 4.61. The van der Waals surface area contributed by atoms with Gasteiger partial charge in [0, 0.05) is 6.54 Å². The first-order valence-electron chi connectivity index (χ1n) is 9.09. The molecule has 4 nitrogen and oxygen atoms in total. The number of nitrogens with zero attached hydrogens (tertiary/aromatic N) is 2. The standard InChI is InChI=1S/C20H24Cl2N4/c1-3-25(4-2)11-12-26-19-8-6-5-7-18(19)24-20(26)23-14-15-9-10-16(21)17(22)13-15/h5-10,13H,3-4,11-12,14H2,1-2H3,(H,23,24)/p+1. The van der Waals surface area contributed by atoms with Crippen molar-refractivity contribution in [2.45, 2.75) is 26.9 Å². The van der Waals surface area contributed by atoms with E-state index < -0.39 is 0 Å². The third-order valence-electron chi connectivity index (χ3n) is 4.78. The Balaban J connectivity index is 1.82. The second-order valence-electron chi connectivity index (χ2n) is 6.38. The highest BCUT2D eigenvalue weighted by molar-refractivity contribution is 6.42. The highest BCUT2D eigenvalue weighted by Crippen LogP contribution is 2.24. The van der Waals surface area contributed by atoms with Crippen molar-refractivity contribution < 1.29 is 4.90 Å². The molecule has 3 rings (SSSR count). The fourth-order valence-electron chi connectivity index (χ4n) is 3.14. The van der Waals surface area contributed by atoms with Crippen LogP contribution < -0.4 is 10.2 Å². The average molecular weight is 392 g/mol. The lowest BCUT2D eigenvalue weighted by Gasteiger charge is -2.17. The largest absolute Gasteiger partial charge is 0.352 e. The average Bonchev–Trinajstić information content (AvgIpc) is 3.01. The van der Waals surface area contributed by atoms with Crippen LogP contribution in [0.1, 0.15) is 19.4 Å². The molecule has 138 valence electrons. The molecule has 0 amide bonds. The van der Waals surface area contributed by atoms with E-state index in [4.69, 9.17) is 28.2 Å². The van der Waals surface area contributed by atoms with Gasteiger partial charge in [0.25, 0.3) is 0 Å². The fraction of sp³-hybridized carbons (Fsp3) is 0.350. The molecule has 0 aliphatic carbocycles. The van der Waals surface area contributed by atoms with Crippen LogP contribution in [-0.4, -0.2) is 29.2 Å². The third-order valence-corrected chi connectivity index (χ3v) is 5.52. The Morgan fingerprint density at radius 2 is 1.81 bits per heavy atom. The quantitative estimate of drug-likeness (QED) is 0.610. The van der Waals surface area contributed by atoms with Gasteiger partial charge in [-0.3, -0.25) is 0 Å². The number of anilines is 1. The number of para-hydroxylation sites is 2. The fourth-order valence-corrected chi connectivity index (χ4v) is 3.46. The second-order valence-corrected chi connectivity index (χ2v) is 7.20. The van der Waals surface area contributed by atoms with Gasteiger partial charge in [0.15, 0.2) is 0 Å². The summed E-state index contributed by atoms with van der Waals surface area (Å²) in [7, 11) is 0. The van der Waals surface area contributed by atoms with E-state index in [1.165, 1.54) is 0 Å². The van der Waals surface area contributed by atoms with E-state index in [9.17, 15) is 0 Å². The molecule has 0 saturated heterocycles. The molecule has 0 fully saturated rings. The van der Waals surface area contributed by atoms with Gasteiger partial charge >= 0.3 is 0 Å². The molecule has 0 unspecified atom stereocenters. The molecule has 0 spiro atoms. The number of halogens is 2. The summed E-state index contributed by atoms with van der Waals surface area (Å²) in [6, 6.07) is 14.0. The zero-order valence-electron chi connectivity index (χ0n) is 15.2. The van der Waals surface area contributed by atoms with E-state index in [0.717, 1.165) is 48.7 Å². The highest BCUT2D eigenvalue weighted by Gasteiger charge is 2.12. The molecule has 2 N–H and O–H groups in total. The number of rotatable bonds is 8. The summed E-state index contributed by atoms with van der Waals surface area (Å²) in [5.41, 5.74) is 3.25. The SMILES string of the molecule is CC[NH+](CC)CCn1c(NCc2ccc(Cl)c(Cl)c2)nc2ccccc21. The molecule has 0 bridgehead atoms. The number of nitrogens with one attached hydrogen (secondary N) is 2. The maximum atomic E-state index is 6.12. The molecule has 26 heavy (non-hydrogen) atoms. The van der Waals surface area contributed by atoms with Crippen LogP contribution in [0, 0.1) is 0 Å². The Hall–Kier alpha value is -1.75. The van der Waals surface area contributed by atoms with Gasteiger partial charge in [-0.05, 0) is 43.7 Å². The number of hydrogen-bond donors (Lipinski definition) is 2. The minimum Gasteiger partial charge on any atom is -0.352 e. The van der Waals surface area contributed by atoms with E-state index in [2.05, 4.69) is 41.9 Å². The predicted molar refractivity (Wildman–Crippen MR) is 110 cm³/mol. The van der Waals surface area contributed by atoms with Crippen LogP contribution in [-0.2, 0) is 13.1 Å². The molecule has 6 heteroatoms. The molecule has 0 atom stereocenters. The topological polar surface area (TPSA) is 34.3 Å². The Morgan fingerprint density at radius 1 is 1.04 bits per heavy atom. The predicted octanol–water partition coefficient (Wildman–Crippen LogP) is 3.88. The van der Waals surface area contributed by atoms with Crippen LogP contribution in [0.15, 0.2) is 42.5 Å². The van der Waals surface area contributed by atoms with Crippen molar-refractivity contribution in [3.05, 3.63) is 58.1 Å². The van der Waals surface area contributed by atoms with E-state index in [1.807, 2.05) is 24.3 Å². The van der Waals surface area contributed by atoms with E-state index in [-0.39, 0.29) is 0 Å². The normalized spacial score (nSPS) is 11.4. The summed E-state index contributed by atoms with van der Waals surface area (Å²) >= 11 is 12.1.